The van der Waals surface area contributed by atoms with Crippen LogP contribution in [0.2, 0.25) is 0 Å². The highest BCUT2D eigenvalue weighted by atomic mass is 19.1. The first-order valence-electron chi connectivity index (χ1n) is 11.2. The summed E-state index contributed by atoms with van der Waals surface area (Å²) in [4.78, 5) is 22.7. The number of amides is 1. The van der Waals surface area contributed by atoms with E-state index in [0.717, 1.165) is 51.3 Å². The number of fused-ring (bicyclic) bond motifs is 2. The fourth-order valence-electron chi connectivity index (χ4n) is 4.51. The summed E-state index contributed by atoms with van der Waals surface area (Å²) < 4.78 is 20.9. The number of hydrogen-bond donors (Lipinski definition) is 1. The van der Waals surface area contributed by atoms with E-state index in [1.807, 2.05) is 49.1 Å². The highest BCUT2D eigenvalue weighted by Crippen LogP contribution is 2.33. The van der Waals surface area contributed by atoms with Gasteiger partial charge in [-0.1, -0.05) is 30.7 Å². The molecule has 6 heteroatoms. The van der Waals surface area contributed by atoms with Crippen LogP contribution in [0.5, 0.6) is 5.75 Å². The predicted molar refractivity (Wildman–Crippen MR) is 127 cm³/mol. The highest BCUT2D eigenvalue weighted by Gasteiger charge is 2.23. The maximum atomic E-state index is 14.9. The number of rotatable bonds is 3. The fraction of sp³-hybridized carbons (Fsp3) is 0.259. The zero-order valence-corrected chi connectivity index (χ0v) is 19.0. The van der Waals surface area contributed by atoms with E-state index in [9.17, 15) is 9.18 Å². The number of hydrogen-bond acceptors (Lipinski definition) is 3. The Labute approximate surface area is 192 Å². The lowest BCUT2D eigenvalue weighted by molar-refractivity contribution is 0.0732. The zero-order chi connectivity index (χ0) is 23.1. The third-order valence-electron chi connectivity index (χ3n) is 6.20. The average molecular weight is 444 g/mol. The van der Waals surface area contributed by atoms with Gasteiger partial charge in [-0.05, 0) is 55.7 Å². The summed E-state index contributed by atoms with van der Waals surface area (Å²) in [7, 11) is 0. The predicted octanol–water partition coefficient (Wildman–Crippen LogP) is 5.58. The number of nitrogens with one attached hydrogen (secondary N) is 1. The van der Waals surface area contributed by atoms with Crippen molar-refractivity contribution in [3.05, 3.63) is 82.4 Å². The number of aromatic amines is 1. The minimum absolute atomic E-state index is 0.00620. The molecule has 0 saturated heterocycles. The summed E-state index contributed by atoms with van der Waals surface area (Å²) in [6, 6.07) is 14.8. The molecular weight excluding hydrogens is 417 g/mol. The Kier molecular flexibility index (Phi) is 5.36. The number of nitrogens with zero attached hydrogens (tertiary/aromatic N) is 2. The lowest BCUT2D eigenvalue weighted by Crippen LogP contribution is -2.33. The Morgan fingerprint density at radius 3 is 2.82 bits per heavy atom. The average Bonchev–Trinajstić information content (AvgIpc) is 3.02. The van der Waals surface area contributed by atoms with Gasteiger partial charge in [0.2, 0.25) is 0 Å². The second kappa shape index (κ2) is 8.35. The molecule has 3 aromatic carbocycles. The Morgan fingerprint density at radius 2 is 2.00 bits per heavy atom. The molecule has 33 heavy (non-hydrogen) atoms. The monoisotopic (exact) mass is 443 g/mol. The minimum atomic E-state index is -0.319. The van der Waals surface area contributed by atoms with Crippen molar-refractivity contribution < 1.29 is 13.9 Å². The molecule has 1 aromatic heterocycles. The van der Waals surface area contributed by atoms with Crippen molar-refractivity contribution in [2.24, 2.45) is 0 Å². The van der Waals surface area contributed by atoms with Crippen LogP contribution >= 0.6 is 0 Å². The molecular formula is C27H26FN3O2. The number of aromatic nitrogens is 2. The van der Waals surface area contributed by atoms with E-state index in [1.165, 1.54) is 6.07 Å². The molecule has 5 nitrogen and oxygen atoms in total. The number of carbonyl (C=O) groups is 1. The molecule has 1 aliphatic rings. The van der Waals surface area contributed by atoms with E-state index in [-0.39, 0.29) is 11.7 Å². The van der Waals surface area contributed by atoms with E-state index >= 15 is 0 Å². The molecule has 0 spiro atoms. The van der Waals surface area contributed by atoms with Gasteiger partial charge in [-0.15, -0.1) is 0 Å². The summed E-state index contributed by atoms with van der Waals surface area (Å²) in [5, 5.41) is 0. The number of halogens is 1. The summed E-state index contributed by atoms with van der Waals surface area (Å²) in [6.45, 7) is 7.26. The topological polar surface area (TPSA) is 58.2 Å². The van der Waals surface area contributed by atoms with Crippen LogP contribution in [0.1, 0.15) is 39.8 Å². The van der Waals surface area contributed by atoms with Crippen LogP contribution in [0.3, 0.4) is 0 Å². The lowest BCUT2D eigenvalue weighted by atomic mass is 9.99. The van der Waals surface area contributed by atoms with Crippen LogP contribution in [0.4, 0.5) is 4.39 Å². The van der Waals surface area contributed by atoms with E-state index in [4.69, 9.17) is 4.74 Å². The first-order chi connectivity index (χ1) is 15.9. The second-order valence-corrected chi connectivity index (χ2v) is 8.58. The largest absolute Gasteiger partial charge is 0.491 e. The molecule has 1 aliphatic heterocycles. The van der Waals surface area contributed by atoms with Crippen LogP contribution in [-0.4, -0.2) is 33.9 Å². The van der Waals surface area contributed by atoms with Crippen molar-refractivity contribution in [3.8, 4) is 16.9 Å². The molecule has 0 radical (unpaired) electrons. The number of benzene rings is 3. The Balaban J connectivity index is 1.50. The number of carbonyl (C=O) groups excluding carboxylic acids is 1. The van der Waals surface area contributed by atoms with Crippen LogP contribution < -0.4 is 4.74 Å². The van der Waals surface area contributed by atoms with Crippen molar-refractivity contribution in [2.75, 3.05) is 13.2 Å². The SMILES string of the molecule is CCc1cc(C)ccc1C(=O)N1CCOc2ccc(-c3cc4nc(C)[nH]c4cc3F)cc2C1. The third kappa shape index (κ3) is 3.97. The van der Waals surface area contributed by atoms with Crippen molar-refractivity contribution in [2.45, 2.75) is 33.7 Å². The molecule has 0 fully saturated rings. The summed E-state index contributed by atoms with van der Waals surface area (Å²) in [5.74, 6) is 1.15. The molecule has 0 unspecified atom stereocenters. The molecule has 2 heterocycles. The van der Waals surface area contributed by atoms with Gasteiger partial charge in [0.25, 0.3) is 5.91 Å². The van der Waals surface area contributed by atoms with Crippen LogP contribution in [-0.2, 0) is 13.0 Å². The van der Waals surface area contributed by atoms with Gasteiger partial charge in [0.1, 0.15) is 24.0 Å². The molecule has 168 valence electrons. The quantitative estimate of drug-likeness (QED) is 0.450. The van der Waals surface area contributed by atoms with Gasteiger partial charge in [0.15, 0.2) is 0 Å². The Hall–Kier alpha value is -3.67. The first kappa shape index (κ1) is 21.2. The van der Waals surface area contributed by atoms with Gasteiger partial charge in [-0.3, -0.25) is 4.79 Å². The standard InChI is InChI=1S/C27H26FN3O2/c1-4-18-11-16(2)5-7-21(18)27(32)31-9-10-33-26-8-6-19(12-20(26)15-31)22-13-24-25(14-23(22)28)30-17(3)29-24/h5-8,11-14H,4,9-10,15H2,1-3H3,(H,29,30). The van der Waals surface area contributed by atoms with Gasteiger partial charge < -0.3 is 14.6 Å². The van der Waals surface area contributed by atoms with Crippen LogP contribution in [0.25, 0.3) is 22.2 Å². The summed E-state index contributed by atoms with van der Waals surface area (Å²) in [6.07, 6.45) is 0.794. The summed E-state index contributed by atoms with van der Waals surface area (Å²) >= 11 is 0. The maximum Gasteiger partial charge on any atom is 0.254 e. The third-order valence-corrected chi connectivity index (χ3v) is 6.20. The second-order valence-electron chi connectivity index (χ2n) is 8.58. The van der Waals surface area contributed by atoms with Crippen LogP contribution in [0, 0.1) is 19.7 Å². The van der Waals surface area contributed by atoms with Gasteiger partial charge in [-0.25, -0.2) is 9.37 Å². The van der Waals surface area contributed by atoms with Gasteiger partial charge in [0, 0.05) is 29.3 Å². The number of H-pyrrole nitrogens is 1. The van der Waals surface area contributed by atoms with E-state index in [2.05, 4.69) is 23.0 Å². The molecule has 4 aromatic rings. The summed E-state index contributed by atoms with van der Waals surface area (Å²) in [5.41, 5.74) is 6.38. The van der Waals surface area contributed by atoms with E-state index < -0.39 is 0 Å². The van der Waals surface area contributed by atoms with Crippen molar-refractivity contribution in [3.63, 3.8) is 0 Å². The maximum absolute atomic E-state index is 14.9. The Morgan fingerprint density at radius 1 is 1.15 bits per heavy atom. The van der Waals surface area contributed by atoms with Gasteiger partial charge >= 0.3 is 0 Å². The fourth-order valence-corrected chi connectivity index (χ4v) is 4.51. The molecule has 0 atom stereocenters. The first-order valence-corrected chi connectivity index (χ1v) is 11.2. The number of imidazole rings is 1. The normalized spacial score (nSPS) is 13.5. The van der Waals surface area contributed by atoms with Crippen LogP contribution in [0.15, 0.2) is 48.5 Å². The van der Waals surface area contributed by atoms with E-state index in [1.54, 1.807) is 6.07 Å². The molecule has 1 N–H and O–H groups in total. The molecule has 0 saturated carbocycles. The molecule has 1 amide bonds. The Bertz CT molecular complexity index is 1380. The van der Waals surface area contributed by atoms with Crippen molar-refractivity contribution in [1.82, 2.24) is 14.9 Å². The molecule has 0 aliphatic carbocycles. The van der Waals surface area contributed by atoms with Crippen molar-refractivity contribution in [1.29, 1.82) is 0 Å². The van der Waals surface area contributed by atoms with Gasteiger partial charge in [0.05, 0.1) is 17.6 Å². The zero-order valence-electron chi connectivity index (χ0n) is 19.0. The van der Waals surface area contributed by atoms with Gasteiger partial charge in [-0.2, -0.15) is 0 Å². The lowest BCUT2D eigenvalue weighted by Gasteiger charge is -2.22. The number of ether oxygens (including phenoxy) is 1. The minimum Gasteiger partial charge on any atom is -0.491 e. The number of aryl methyl sites for hydroxylation is 3. The van der Waals surface area contributed by atoms with E-state index in [0.29, 0.717) is 30.8 Å². The highest BCUT2D eigenvalue weighted by molar-refractivity contribution is 5.96. The smallest absolute Gasteiger partial charge is 0.254 e. The molecule has 5 rings (SSSR count). The van der Waals surface area contributed by atoms with Crippen molar-refractivity contribution >= 4 is 16.9 Å². The molecule has 0 bridgehead atoms.